The second kappa shape index (κ2) is 10.7. The number of hydrogen-bond acceptors (Lipinski definition) is 1. The van der Waals surface area contributed by atoms with Crippen LogP contribution in [0.15, 0.2) is 138 Å². The molecule has 0 unspecified atom stereocenters. The van der Waals surface area contributed by atoms with E-state index in [-0.39, 0.29) is 17.2 Å². The third kappa shape index (κ3) is 5.57. The van der Waals surface area contributed by atoms with E-state index in [9.17, 15) is 26.3 Å². The zero-order valence-corrected chi connectivity index (χ0v) is 23.4. The van der Waals surface area contributed by atoms with Crippen molar-refractivity contribution in [1.82, 2.24) is 0 Å². The number of halogens is 6. The lowest BCUT2D eigenvalue weighted by Crippen LogP contribution is -2.11. The van der Waals surface area contributed by atoms with Gasteiger partial charge in [0.25, 0.3) is 0 Å². The summed E-state index contributed by atoms with van der Waals surface area (Å²) in [5, 5.41) is 2.12. The highest BCUT2D eigenvalue weighted by atomic mass is 19.4. The van der Waals surface area contributed by atoms with E-state index in [2.05, 4.69) is 18.2 Å². The van der Waals surface area contributed by atoms with Crippen LogP contribution >= 0.6 is 0 Å². The Morgan fingerprint density at radius 2 is 0.778 bits per heavy atom. The van der Waals surface area contributed by atoms with E-state index in [1.54, 1.807) is 12.1 Å². The lowest BCUT2D eigenvalue weighted by Gasteiger charge is -2.14. The first-order valence-electron chi connectivity index (χ1n) is 14.1. The molecule has 7 rings (SSSR count). The second-order valence-corrected chi connectivity index (χ2v) is 10.8. The van der Waals surface area contributed by atoms with Crippen molar-refractivity contribution in [2.75, 3.05) is 0 Å². The molecule has 0 saturated carbocycles. The number of alkyl halides is 6. The molecule has 0 aliphatic rings. The summed E-state index contributed by atoms with van der Waals surface area (Å²) in [5.41, 5.74) is 4.82. The summed E-state index contributed by atoms with van der Waals surface area (Å²) in [6.07, 6.45) is -9.81. The Balaban J connectivity index is 1.16. The van der Waals surface area contributed by atoms with Crippen LogP contribution < -0.4 is 0 Å². The van der Waals surface area contributed by atoms with Gasteiger partial charge in [-0.3, -0.25) is 0 Å². The highest BCUT2D eigenvalue weighted by molar-refractivity contribution is 6.06. The molecule has 7 heteroatoms. The molecule has 0 aliphatic carbocycles. The van der Waals surface area contributed by atoms with Crippen LogP contribution in [-0.2, 0) is 12.4 Å². The van der Waals surface area contributed by atoms with Gasteiger partial charge in [0.1, 0.15) is 11.2 Å². The fourth-order valence-electron chi connectivity index (χ4n) is 5.62. The molecule has 0 spiro atoms. The van der Waals surface area contributed by atoms with Crippen LogP contribution in [0.25, 0.3) is 66.4 Å². The van der Waals surface area contributed by atoms with Crippen LogP contribution in [0.1, 0.15) is 11.1 Å². The molecule has 0 saturated heterocycles. The van der Waals surface area contributed by atoms with E-state index in [1.807, 2.05) is 72.8 Å². The maximum atomic E-state index is 13.3. The van der Waals surface area contributed by atoms with Gasteiger partial charge < -0.3 is 4.42 Å². The Labute approximate surface area is 254 Å². The van der Waals surface area contributed by atoms with Crippen molar-refractivity contribution in [3.8, 4) is 44.5 Å². The highest BCUT2D eigenvalue weighted by Crippen LogP contribution is 2.39. The van der Waals surface area contributed by atoms with E-state index < -0.39 is 23.5 Å². The van der Waals surface area contributed by atoms with Crippen molar-refractivity contribution in [3.63, 3.8) is 0 Å². The average Bonchev–Trinajstić information content (AvgIpc) is 3.42. The molecule has 0 N–H and O–H groups in total. The SMILES string of the molecule is FC(F)(F)c1cc(-c2ccc(-c3cccc(-c4ccc(-c5ccc6oc7ccccc7c6c5)cc4)c3)cc2)cc(C(F)(F)F)c1. The van der Waals surface area contributed by atoms with Gasteiger partial charge in [0.15, 0.2) is 0 Å². The molecular weight excluding hydrogens is 586 g/mol. The molecule has 6 aromatic carbocycles. The van der Waals surface area contributed by atoms with Gasteiger partial charge in [-0.2, -0.15) is 26.3 Å². The normalized spacial score (nSPS) is 12.2. The zero-order chi connectivity index (χ0) is 31.3. The minimum absolute atomic E-state index is 0.135. The minimum Gasteiger partial charge on any atom is -0.456 e. The first kappa shape index (κ1) is 28.5. The van der Waals surface area contributed by atoms with Gasteiger partial charge in [0, 0.05) is 10.8 Å². The van der Waals surface area contributed by atoms with Crippen LogP contribution in [0.2, 0.25) is 0 Å². The molecule has 0 amide bonds. The molecule has 0 atom stereocenters. The quantitative estimate of drug-likeness (QED) is 0.181. The van der Waals surface area contributed by atoms with Crippen LogP contribution in [0.4, 0.5) is 26.3 Å². The Morgan fingerprint density at radius 1 is 0.333 bits per heavy atom. The van der Waals surface area contributed by atoms with Gasteiger partial charge in [-0.15, -0.1) is 0 Å². The van der Waals surface area contributed by atoms with E-state index in [4.69, 9.17) is 4.42 Å². The standard InChI is InChI=1S/C38H22F6O/c39-37(40,41)31-19-30(20-32(22-31)38(42,43)44)26-14-12-24(13-15-26)28-5-3-4-27(18-28)23-8-10-25(11-9-23)29-16-17-36-34(21-29)33-6-1-2-7-35(33)45-36/h1-22H. The van der Waals surface area contributed by atoms with Crippen LogP contribution in [0.3, 0.4) is 0 Å². The predicted molar refractivity (Wildman–Crippen MR) is 165 cm³/mol. The fourth-order valence-corrected chi connectivity index (χ4v) is 5.62. The molecule has 0 bridgehead atoms. The molecule has 1 aromatic heterocycles. The van der Waals surface area contributed by atoms with E-state index in [0.29, 0.717) is 0 Å². The number of para-hydroxylation sites is 1. The van der Waals surface area contributed by atoms with Crippen LogP contribution in [-0.4, -0.2) is 0 Å². The van der Waals surface area contributed by atoms with Crippen molar-refractivity contribution in [1.29, 1.82) is 0 Å². The molecule has 0 radical (unpaired) electrons. The molecule has 1 heterocycles. The smallest absolute Gasteiger partial charge is 0.416 e. The van der Waals surface area contributed by atoms with Crippen molar-refractivity contribution in [3.05, 3.63) is 145 Å². The van der Waals surface area contributed by atoms with Gasteiger partial charge in [-0.05, 0) is 87.0 Å². The summed E-state index contributed by atoms with van der Waals surface area (Å²) in [6, 6.07) is 38.2. The zero-order valence-electron chi connectivity index (χ0n) is 23.4. The maximum Gasteiger partial charge on any atom is 0.416 e. The Hall–Kier alpha value is -5.30. The molecule has 222 valence electrons. The van der Waals surface area contributed by atoms with Gasteiger partial charge >= 0.3 is 12.4 Å². The number of furan rings is 1. The summed E-state index contributed by atoms with van der Waals surface area (Å²) in [4.78, 5) is 0. The van der Waals surface area contributed by atoms with Crippen molar-refractivity contribution in [2.45, 2.75) is 12.4 Å². The fraction of sp³-hybridized carbons (Fsp3) is 0.0526. The summed E-state index contributed by atoms with van der Waals surface area (Å²) in [6.45, 7) is 0. The summed E-state index contributed by atoms with van der Waals surface area (Å²) in [7, 11) is 0. The number of rotatable bonds is 4. The predicted octanol–water partition coefficient (Wildman–Crippen LogP) is 12.3. The summed E-state index contributed by atoms with van der Waals surface area (Å²) in [5.74, 6) is 0. The lowest BCUT2D eigenvalue weighted by molar-refractivity contribution is -0.143. The summed E-state index contributed by atoms with van der Waals surface area (Å²) < 4.78 is 86.0. The number of benzene rings is 6. The highest BCUT2D eigenvalue weighted by Gasteiger charge is 2.37. The van der Waals surface area contributed by atoms with Crippen molar-refractivity contribution in [2.24, 2.45) is 0 Å². The average molecular weight is 609 g/mol. The Kier molecular flexibility index (Phi) is 6.77. The Bertz CT molecular complexity index is 2140. The van der Waals surface area contributed by atoms with Gasteiger partial charge in [0.05, 0.1) is 11.1 Å². The molecule has 45 heavy (non-hydrogen) atoms. The van der Waals surface area contributed by atoms with Crippen molar-refractivity contribution < 1.29 is 30.8 Å². The first-order chi connectivity index (χ1) is 21.5. The van der Waals surface area contributed by atoms with E-state index >= 15 is 0 Å². The lowest BCUT2D eigenvalue weighted by atomic mass is 9.95. The minimum atomic E-state index is -4.91. The number of fused-ring (bicyclic) bond motifs is 3. The molecule has 0 fully saturated rings. The molecule has 1 nitrogen and oxygen atoms in total. The van der Waals surface area contributed by atoms with Gasteiger partial charge in [0.2, 0.25) is 0 Å². The second-order valence-electron chi connectivity index (χ2n) is 10.8. The largest absolute Gasteiger partial charge is 0.456 e. The Morgan fingerprint density at radius 3 is 1.31 bits per heavy atom. The van der Waals surface area contributed by atoms with E-state index in [1.165, 1.54) is 12.1 Å². The molecular formula is C38H22F6O. The van der Waals surface area contributed by atoms with Gasteiger partial charge in [-0.25, -0.2) is 0 Å². The first-order valence-corrected chi connectivity index (χ1v) is 14.1. The monoisotopic (exact) mass is 608 g/mol. The van der Waals surface area contributed by atoms with E-state index in [0.717, 1.165) is 67.5 Å². The topological polar surface area (TPSA) is 13.1 Å². The molecule has 0 aliphatic heterocycles. The van der Waals surface area contributed by atoms with Crippen LogP contribution in [0, 0.1) is 0 Å². The third-order valence-corrected chi connectivity index (χ3v) is 7.93. The third-order valence-electron chi connectivity index (χ3n) is 7.93. The van der Waals surface area contributed by atoms with Crippen molar-refractivity contribution >= 4 is 21.9 Å². The number of hydrogen-bond donors (Lipinski definition) is 0. The van der Waals surface area contributed by atoms with Gasteiger partial charge in [-0.1, -0.05) is 91.0 Å². The summed E-state index contributed by atoms with van der Waals surface area (Å²) >= 11 is 0. The molecule has 7 aromatic rings. The van der Waals surface area contributed by atoms with Crippen LogP contribution in [0.5, 0.6) is 0 Å². The maximum absolute atomic E-state index is 13.3.